The summed E-state index contributed by atoms with van der Waals surface area (Å²) in [5.41, 5.74) is 2.90. The van der Waals surface area contributed by atoms with Gasteiger partial charge < -0.3 is 14.9 Å². The molecule has 0 aliphatic rings. The van der Waals surface area contributed by atoms with E-state index in [1.807, 2.05) is 24.3 Å². The van der Waals surface area contributed by atoms with E-state index in [-0.39, 0.29) is 17.1 Å². The van der Waals surface area contributed by atoms with Gasteiger partial charge in [-0.05, 0) is 48.0 Å². The van der Waals surface area contributed by atoms with Crippen LogP contribution in [0.3, 0.4) is 0 Å². The molecule has 4 aromatic rings. The number of hydrazone groups is 1. The second-order valence-electron chi connectivity index (χ2n) is 6.60. The van der Waals surface area contributed by atoms with Crippen molar-refractivity contribution >= 4 is 51.1 Å². The predicted molar refractivity (Wildman–Crippen MR) is 123 cm³/mol. The number of halogens is 1. The summed E-state index contributed by atoms with van der Waals surface area (Å²) in [6.45, 7) is 0. The number of ether oxygens (including phenoxy) is 1. The lowest BCUT2D eigenvalue weighted by molar-refractivity contribution is 0.0739. The monoisotopic (exact) mass is 466 g/mol. The zero-order valence-electron chi connectivity index (χ0n) is 16.3. The number of fused-ring (bicyclic) bond motifs is 1. The molecule has 0 radical (unpaired) electrons. The van der Waals surface area contributed by atoms with Gasteiger partial charge in [0.2, 0.25) is 0 Å². The molecular weight excluding hydrogens is 452 g/mol. The fourth-order valence-corrected chi connectivity index (χ4v) is 4.24. The quantitative estimate of drug-likeness (QED) is 0.167. The van der Waals surface area contributed by atoms with Crippen LogP contribution in [0.25, 0.3) is 10.1 Å². The lowest BCUT2D eigenvalue weighted by Gasteiger charge is -2.04. The van der Waals surface area contributed by atoms with E-state index < -0.39 is 11.9 Å². The molecule has 9 heteroatoms. The molecule has 3 aromatic carbocycles. The van der Waals surface area contributed by atoms with E-state index in [4.69, 9.17) is 16.3 Å². The number of benzene rings is 3. The van der Waals surface area contributed by atoms with Crippen LogP contribution in [-0.2, 0) is 0 Å². The normalized spacial score (nSPS) is 11.0. The molecule has 0 fully saturated rings. The van der Waals surface area contributed by atoms with Gasteiger partial charge in [0.25, 0.3) is 5.91 Å². The Labute approximate surface area is 191 Å². The molecule has 0 bridgehead atoms. The first-order valence-corrected chi connectivity index (χ1v) is 10.5. The van der Waals surface area contributed by atoms with Gasteiger partial charge in [-0.2, -0.15) is 5.10 Å². The fraction of sp³-hybridized carbons (Fsp3) is 0. The standard InChI is InChI=1S/C23H15ClN2O5S/c24-20-17-3-1-2-4-19(17)32-21(20)23(30)31-15-8-5-13(6-9-15)12-25-26-22(29)16-10-7-14(27)11-18(16)28/h1-12,27-28H,(H,26,29)/b25-12-. The number of thiophene rings is 1. The highest BCUT2D eigenvalue weighted by Crippen LogP contribution is 2.35. The van der Waals surface area contributed by atoms with Gasteiger partial charge in [0.05, 0.1) is 16.8 Å². The number of carbonyl (C=O) groups is 2. The summed E-state index contributed by atoms with van der Waals surface area (Å²) in [7, 11) is 0. The van der Waals surface area contributed by atoms with Crippen LogP contribution in [0, 0.1) is 0 Å². The third-order valence-corrected chi connectivity index (χ3v) is 6.07. The Hall–Kier alpha value is -3.88. The molecule has 0 saturated carbocycles. The van der Waals surface area contributed by atoms with Gasteiger partial charge in [0, 0.05) is 16.2 Å². The number of nitrogens with one attached hydrogen (secondary N) is 1. The fourth-order valence-electron chi connectivity index (χ4n) is 2.86. The van der Waals surface area contributed by atoms with Crippen LogP contribution >= 0.6 is 22.9 Å². The van der Waals surface area contributed by atoms with Crippen LogP contribution in [0.1, 0.15) is 25.6 Å². The van der Waals surface area contributed by atoms with Gasteiger partial charge in [-0.3, -0.25) is 4.79 Å². The molecule has 1 heterocycles. The van der Waals surface area contributed by atoms with Crippen molar-refractivity contribution < 1.29 is 24.5 Å². The lowest BCUT2D eigenvalue weighted by atomic mass is 10.2. The van der Waals surface area contributed by atoms with Crippen molar-refractivity contribution in [3.8, 4) is 17.2 Å². The smallest absolute Gasteiger partial charge is 0.355 e. The number of phenols is 2. The molecule has 0 aliphatic heterocycles. The van der Waals surface area contributed by atoms with Crippen molar-refractivity contribution in [3.63, 3.8) is 0 Å². The van der Waals surface area contributed by atoms with Crippen molar-refractivity contribution in [2.75, 3.05) is 0 Å². The van der Waals surface area contributed by atoms with Crippen LogP contribution in [0.2, 0.25) is 5.02 Å². The molecule has 0 unspecified atom stereocenters. The Balaban J connectivity index is 1.39. The molecule has 1 aromatic heterocycles. The van der Waals surface area contributed by atoms with Crippen molar-refractivity contribution in [1.29, 1.82) is 0 Å². The van der Waals surface area contributed by atoms with E-state index in [0.717, 1.165) is 16.2 Å². The summed E-state index contributed by atoms with van der Waals surface area (Å²) in [5, 5.41) is 24.0. The Morgan fingerprint density at radius 1 is 1.03 bits per heavy atom. The highest BCUT2D eigenvalue weighted by Gasteiger charge is 2.19. The number of carbonyl (C=O) groups excluding carboxylic acids is 2. The Kier molecular flexibility index (Phi) is 6.07. The third kappa shape index (κ3) is 4.56. The van der Waals surface area contributed by atoms with E-state index in [0.29, 0.717) is 21.2 Å². The minimum Gasteiger partial charge on any atom is -0.508 e. The van der Waals surface area contributed by atoms with Crippen molar-refractivity contribution in [2.45, 2.75) is 0 Å². The molecule has 7 nitrogen and oxygen atoms in total. The predicted octanol–water partition coefficient (Wildman–Crippen LogP) is 4.95. The van der Waals surface area contributed by atoms with Crippen molar-refractivity contribution in [3.05, 3.63) is 87.8 Å². The zero-order valence-corrected chi connectivity index (χ0v) is 17.9. The third-order valence-electron chi connectivity index (χ3n) is 4.42. The first kappa shape index (κ1) is 21.4. The highest BCUT2D eigenvalue weighted by atomic mass is 35.5. The van der Waals surface area contributed by atoms with Crippen LogP contribution in [0.4, 0.5) is 0 Å². The summed E-state index contributed by atoms with van der Waals surface area (Å²) in [6.07, 6.45) is 1.39. The van der Waals surface area contributed by atoms with E-state index in [1.165, 1.54) is 29.7 Å². The van der Waals surface area contributed by atoms with Gasteiger partial charge >= 0.3 is 5.97 Å². The maximum atomic E-state index is 12.5. The number of phenolic OH excluding ortho intramolecular Hbond substituents is 2. The minimum atomic E-state index is -0.635. The molecule has 160 valence electrons. The number of nitrogens with zero attached hydrogens (tertiary/aromatic N) is 1. The first-order valence-electron chi connectivity index (χ1n) is 9.27. The molecule has 0 aliphatic carbocycles. The summed E-state index contributed by atoms with van der Waals surface area (Å²) in [4.78, 5) is 24.9. The second kappa shape index (κ2) is 9.09. The van der Waals surface area contributed by atoms with Crippen LogP contribution in [0.5, 0.6) is 17.2 Å². The maximum Gasteiger partial charge on any atom is 0.355 e. The summed E-state index contributed by atoms with van der Waals surface area (Å²) >= 11 is 7.59. The molecule has 0 saturated heterocycles. The van der Waals surface area contributed by atoms with Crippen LogP contribution < -0.4 is 10.2 Å². The van der Waals surface area contributed by atoms with E-state index in [1.54, 1.807) is 24.3 Å². The van der Waals surface area contributed by atoms with Gasteiger partial charge in [-0.1, -0.05) is 29.8 Å². The lowest BCUT2D eigenvalue weighted by Crippen LogP contribution is -2.17. The Morgan fingerprint density at radius 3 is 2.50 bits per heavy atom. The number of rotatable bonds is 5. The summed E-state index contributed by atoms with van der Waals surface area (Å²) in [6, 6.07) is 17.6. The van der Waals surface area contributed by atoms with Gasteiger partial charge in [0.15, 0.2) is 0 Å². The van der Waals surface area contributed by atoms with Crippen LogP contribution in [-0.4, -0.2) is 28.3 Å². The van der Waals surface area contributed by atoms with Crippen molar-refractivity contribution in [1.82, 2.24) is 5.43 Å². The zero-order chi connectivity index (χ0) is 22.7. The number of aromatic hydroxyl groups is 2. The number of amides is 1. The minimum absolute atomic E-state index is 0.0258. The topological polar surface area (TPSA) is 108 Å². The number of hydrogen-bond acceptors (Lipinski definition) is 7. The second-order valence-corrected chi connectivity index (χ2v) is 8.03. The van der Waals surface area contributed by atoms with Gasteiger partial charge in [0.1, 0.15) is 22.1 Å². The molecule has 32 heavy (non-hydrogen) atoms. The average Bonchev–Trinajstić information content (AvgIpc) is 3.12. The van der Waals surface area contributed by atoms with E-state index in [2.05, 4.69) is 10.5 Å². The van der Waals surface area contributed by atoms with Crippen molar-refractivity contribution in [2.24, 2.45) is 5.10 Å². The first-order chi connectivity index (χ1) is 15.4. The Morgan fingerprint density at radius 2 is 1.78 bits per heavy atom. The molecule has 0 atom stereocenters. The highest BCUT2D eigenvalue weighted by molar-refractivity contribution is 7.21. The number of esters is 1. The Bertz CT molecular complexity index is 1350. The average molecular weight is 467 g/mol. The van der Waals surface area contributed by atoms with E-state index in [9.17, 15) is 19.8 Å². The van der Waals surface area contributed by atoms with Crippen LogP contribution in [0.15, 0.2) is 71.8 Å². The largest absolute Gasteiger partial charge is 0.508 e. The SMILES string of the molecule is O=C(N/N=C\c1ccc(OC(=O)c2sc3ccccc3c2Cl)cc1)c1ccc(O)cc1O. The summed E-state index contributed by atoms with van der Waals surface area (Å²) in [5.74, 6) is -1.36. The number of hydrogen-bond donors (Lipinski definition) is 3. The molecule has 4 rings (SSSR count). The molecule has 0 spiro atoms. The molecule has 1 amide bonds. The maximum absolute atomic E-state index is 12.5. The van der Waals surface area contributed by atoms with E-state index >= 15 is 0 Å². The molecular formula is C23H15ClN2O5S. The van der Waals surface area contributed by atoms with Gasteiger partial charge in [-0.25, -0.2) is 10.2 Å². The molecule has 3 N–H and O–H groups in total. The van der Waals surface area contributed by atoms with Gasteiger partial charge in [-0.15, -0.1) is 11.3 Å². The summed E-state index contributed by atoms with van der Waals surface area (Å²) < 4.78 is 6.32.